The zero-order valence-electron chi connectivity index (χ0n) is 14.5. The minimum atomic E-state index is -0.0369. The minimum Gasteiger partial charge on any atom is -0.349 e. The first-order valence-corrected chi connectivity index (χ1v) is 8.57. The van der Waals surface area contributed by atoms with Gasteiger partial charge in [0.1, 0.15) is 12.2 Å². The summed E-state index contributed by atoms with van der Waals surface area (Å²) >= 11 is 0. The number of likely N-dealkylation sites (tertiary alicyclic amines) is 1. The Morgan fingerprint density at radius 3 is 2.68 bits per heavy atom. The number of para-hydroxylation sites is 1. The summed E-state index contributed by atoms with van der Waals surface area (Å²) in [5, 5.41) is 12.4. The molecule has 0 unspecified atom stereocenters. The fourth-order valence-corrected chi connectivity index (χ4v) is 3.65. The van der Waals surface area contributed by atoms with Gasteiger partial charge in [-0.3, -0.25) is 0 Å². The largest absolute Gasteiger partial charge is 0.349 e. The number of aromatic nitrogens is 4. The second-order valence-electron chi connectivity index (χ2n) is 6.66. The van der Waals surface area contributed by atoms with Gasteiger partial charge in [-0.05, 0) is 25.0 Å². The lowest BCUT2D eigenvalue weighted by Crippen LogP contribution is -2.41. The summed E-state index contributed by atoms with van der Waals surface area (Å²) < 4.78 is 4.00. The maximum atomic E-state index is 12.7. The molecule has 7 heteroatoms. The van der Waals surface area contributed by atoms with Crippen LogP contribution in [0.1, 0.15) is 24.6 Å². The number of hydrogen-bond donors (Lipinski definition) is 1. The van der Waals surface area contributed by atoms with Crippen molar-refractivity contribution in [3.8, 4) is 0 Å². The quantitative estimate of drug-likeness (QED) is 0.781. The van der Waals surface area contributed by atoms with Crippen LogP contribution in [0.25, 0.3) is 10.9 Å². The van der Waals surface area contributed by atoms with Crippen LogP contribution in [0.2, 0.25) is 0 Å². The van der Waals surface area contributed by atoms with E-state index in [1.165, 1.54) is 0 Å². The molecular formula is C18H22N6O. The van der Waals surface area contributed by atoms with E-state index in [0.29, 0.717) is 5.92 Å². The molecule has 3 aromatic rings. The van der Waals surface area contributed by atoms with E-state index in [9.17, 15) is 4.79 Å². The van der Waals surface area contributed by atoms with Crippen molar-refractivity contribution in [2.75, 3.05) is 18.4 Å². The molecule has 4 rings (SSSR count). The topological polar surface area (TPSA) is 68.0 Å². The summed E-state index contributed by atoms with van der Waals surface area (Å²) in [4.78, 5) is 14.6. The Morgan fingerprint density at radius 1 is 1.16 bits per heavy atom. The standard InChI is InChI=1S/C18H22N6O/c1-22-9-6-13-4-3-5-15(16(13)22)20-18(25)24-10-7-14(8-11-24)17-21-19-12-23(17)2/h3-6,9,12,14H,7-8,10-11H2,1-2H3,(H,20,25). The van der Waals surface area contributed by atoms with Gasteiger partial charge in [-0.25, -0.2) is 4.79 Å². The molecule has 0 saturated carbocycles. The number of nitrogens with one attached hydrogen (secondary N) is 1. The molecule has 0 bridgehead atoms. The molecule has 0 radical (unpaired) electrons. The Kier molecular flexibility index (Phi) is 3.91. The average Bonchev–Trinajstić information content (AvgIpc) is 3.22. The van der Waals surface area contributed by atoms with Crippen LogP contribution >= 0.6 is 0 Å². The molecular weight excluding hydrogens is 316 g/mol. The Balaban J connectivity index is 1.44. The number of benzene rings is 1. The number of carbonyl (C=O) groups is 1. The fourth-order valence-electron chi connectivity index (χ4n) is 3.65. The van der Waals surface area contributed by atoms with Crippen molar-refractivity contribution < 1.29 is 4.79 Å². The van der Waals surface area contributed by atoms with Crippen molar-refractivity contribution in [1.29, 1.82) is 0 Å². The molecule has 3 heterocycles. The molecule has 0 atom stereocenters. The SMILES string of the molecule is Cn1cnnc1C1CCN(C(=O)Nc2cccc3ccn(C)c23)CC1. The summed E-state index contributed by atoms with van der Waals surface area (Å²) in [6.07, 6.45) is 5.56. The molecule has 2 amide bonds. The van der Waals surface area contributed by atoms with Crippen LogP contribution in [0, 0.1) is 0 Å². The van der Waals surface area contributed by atoms with Crippen LogP contribution in [0.15, 0.2) is 36.8 Å². The van der Waals surface area contributed by atoms with E-state index in [0.717, 1.165) is 48.3 Å². The summed E-state index contributed by atoms with van der Waals surface area (Å²) in [6.45, 7) is 1.46. The highest BCUT2D eigenvalue weighted by molar-refractivity contribution is 6.00. The van der Waals surface area contributed by atoms with E-state index in [2.05, 4.69) is 27.6 Å². The van der Waals surface area contributed by atoms with Crippen LogP contribution in [0.4, 0.5) is 10.5 Å². The molecule has 1 saturated heterocycles. The van der Waals surface area contributed by atoms with E-state index < -0.39 is 0 Å². The first-order chi connectivity index (χ1) is 12.1. The van der Waals surface area contributed by atoms with E-state index >= 15 is 0 Å². The average molecular weight is 338 g/mol. The number of amides is 2. The Labute approximate surface area is 146 Å². The van der Waals surface area contributed by atoms with Crippen molar-refractivity contribution in [3.63, 3.8) is 0 Å². The number of piperidine rings is 1. The number of hydrogen-bond acceptors (Lipinski definition) is 3. The smallest absolute Gasteiger partial charge is 0.321 e. The molecule has 0 aliphatic carbocycles. The molecule has 25 heavy (non-hydrogen) atoms. The van der Waals surface area contributed by atoms with Crippen molar-refractivity contribution in [2.24, 2.45) is 14.1 Å². The Morgan fingerprint density at radius 2 is 1.96 bits per heavy atom. The van der Waals surface area contributed by atoms with Gasteiger partial charge in [0.05, 0.1) is 11.2 Å². The van der Waals surface area contributed by atoms with Gasteiger partial charge >= 0.3 is 6.03 Å². The van der Waals surface area contributed by atoms with Gasteiger partial charge < -0.3 is 19.4 Å². The highest BCUT2D eigenvalue weighted by Crippen LogP contribution is 2.28. The van der Waals surface area contributed by atoms with Gasteiger partial charge in [0.25, 0.3) is 0 Å². The molecule has 7 nitrogen and oxygen atoms in total. The molecule has 1 N–H and O–H groups in total. The van der Waals surface area contributed by atoms with Gasteiger partial charge in [-0.15, -0.1) is 10.2 Å². The molecule has 2 aromatic heterocycles. The molecule has 1 fully saturated rings. The van der Waals surface area contributed by atoms with E-state index in [1.54, 1.807) is 6.33 Å². The van der Waals surface area contributed by atoms with Crippen LogP contribution < -0.4 is 5.32 Å². The second-order valence-corrected chi connectivity index (χ2v) is 6.66. The summed E-state index contributed by atoms with van der Waals surface area (Å²) in [7, 11) is 3.96. The molecule has 1 aliphatic rings. The van der Waals surface area contributed by atoms with Crippen LogP contribution in [-0.4, -0.2) is 43.4 Å². The van der Waals surface area contributed by atoms with Crippen molar-refractivity contribution in [1.82, 2.24) is 24.2 Å². The lowest BCUT2D eigenvalue weighted by atomic mass is 9.96. The number of aryl methyl sites for hydroxylation is 2. The number of rotatable bonds is 2. The number of nitrogens with zero attached hydrogens (tertiary/aromatic N) is 5. The highest BCUT2D eigenvalue weighted by Gasteiger charge is 2.26. The van der Waals surface area contributed by atoms with Crippen molar-refractivity contribution in [3.05, 3.63) is 42.6 Å². The number of anilines is 1. The maximum absolute atomic E-state index is 12.7. The van der Waals surface area contributed by atoms with Gasteiger partial charge in [0.2, 0.25) is 0 Å². The monoisotopic (exact) mass is 338 g/mol. The normalized spacial score (nSPS) is 15.7. The first-order valence-electron chi connectivity index (χ1n) is 8.57. The molecule has 1 aliphatic heterocycles. The third-order valence-corrected chi connectivity index (χ3v) is 5.03. The lowest BCUT2D eigenvalue weighted by molar-refractivity contribution is 0.193. The zero-order chi connectivity index (χ0) is 17.4. The number of carbonyl (C=O) groups excluding carboxylic acids is 1. The summed E-state index contributed by atoms with van der Waals surface area (Å²) in [5.41, 5.74) is 1.90. The van der Waals surface area contributed by atoms with Crippen LogP contribution in [-0.2, 0) is 14.1 Å². The molecule has 0 spiro atoms. The lowest BCUT2D eigenvalue weighted by Gasteiger charge is -2.31. The maximum Gasteiger partial charge on any atom is 0.321 e. The van der Waals surface area contributed by atoms with Crippen LogP contribution in [0.5, 0.6) is 0 Å². The molecule has 1 aromatic carbocycles. The second kappa shape index (κ2) is 6.23. The third kappa shape index (κ3) is 2.86. The van der Waals surface area contributed by atoms with Crippen molar-refractivity contribution >= 4 is 22.6 Å². The summed E-state index contributed by atoms with van der Waals surface area (Å²) in [6, 6.07) is 7.99. The Hall–Kier alpha value is -2.83. The third-order valence-electron chi connectivity index (χ3n) is 5.03. The highest BCUT2D eigenvalue weighted by atomic mass is 16.2. The predicted octanol–water partition coefficient (Wildman–Crippen LogP) is 2.72. The van der Waals surface area contributed by atoms with Gasteiger partial charge in [-0.2, -0.15) is 0 Å². The molecule has 130 valence electrons. The van der Waals surface area contributed by atoms with Gasteiger partial charge in [0.15, 0.2) is 0 Å². The number of fused-ring (bicyclic) bond motifs is 1. The van der Waals surface area contributed by atoms with E-state index in [-0.39, 0.29) is 6.03 Å². The number of urea groups is 1. The van der Waals surface area contributed by atoms with Crippen LogP contribution in [0.3, 0.4) is 0 Å². The van der Waals surface area contributed by atoms with Crippen molar-refractivity contribution in [2.45, 2.75) is 18.8 Å². The van der Waals surface area contributed by atoms with Gasteiger partial charge in [-0.1, -0.05) is 12.1 Å². The van der Waals surface area contributed by atoms with E-state index in [1.807, 2.05) is 46.5 Å². The first kappa shape index (κ1) is 15.7. The Bertz CT molecular complexity index is 903. The summed E-state index contributed by atoms with van der Waals surface area (Å²) in [5.74, 6) is 1.38. The van der Waals surface area contributed by atoms with E-state index in [4.69, 9.17) is 0 Å². The predicted molar refractivity (Wildman–Crippen MR) is 96.5 cm³/mol. The fraction of sp³-hybridized carbons (Fsp3) is 0.389. The minimum absolute atomic E-state index is 0.0369. The zero-order valence-corrected chi connectivity index (χ0v) is 14.5. The van der Waals surface area contributed by atoms with Gasteiger partial charge in [0, 0.05) is 44.7 Å².